The number of carbonyl (C=O) groups excluding carboxylic acids is 1. The van der Waals surface area contributed by atoms with Crippen LogP contribution in [0.25, 0.3) is 0 Å². The molecule has 0 saturated carbocycles. The highest BCUT2D eigenvalue weighted by molar-refractivity contribution is 5.89. The number of hydrogen-bond acceptors (Lipinski definition) is 4. The number of benzene rings is 1. The normalized spacial score (nSPS) is 22.0. The van der Waals surface area contributed by atoms with E-state index in [4.69, 9.17) is 0 Å². The van der Waals surface area contributed by atoms with Crippen molar-refractivity contribution in [1.82, 2.24) is 10.2 Å². The lowest BCUT2D eigenvalue weighted by Gasteiger charge is -2.20. The van der Waals surface area contributed by atoms with Crippen LogP contribution < -0.4 is 20.1 Å². The number of hydrogen-bond donors (Lipinski definition) is 2. The number of fused-ring (bicyclic) bond motifs is 1. The van der Waals surface area contributed by atoms with Gasteiger partial charge in [-0.25, -0.2) is 4.79 Å². The van der Waals surface area contributed by atoms with Crippen LogP contribution in [0.3, 0.4) is 0 Å². The minimum atomic E-state index is -3.66. The highest BCUT2D eigenvalue weighted by Gasteiger charge is 2.43. The van der Waals surface area contributed by atoms with E-state index in [0.717, 1.165) is 19.5 Å². The fourth-order valence-electron chi connectivity index (χ4n) is 2.94. The number of nitrogens with zero attached hydrogens (tertiary/aromatic N) is 1. The Balaban J connectivity index is 1.48. The molecule has 132 valence electrons. The highest BCUT2D eigenvalue weighted by Crippen LogP contribution is 2.42. The van der Waals surface area contributed by atoms with E-state index in [1.54, 1.807) is 0 Å². The molecule has 1 aromatic carbocycles. The van der Waals surface area contributed by atoms with Gasteiger partial charge in [0.2, 0.25) is 0 Å². The number of nitrogens with one attached hydrogen (secondary N) is 2. The number of likely N-dealkylation sites (tertiary alicyclic amines) is 1. The third kappa shape index (κ3) is 3.87. The van der Waals surface area contributed by atoms with Gasteiger partial charge in [-0.05, 0) is 44.9 Å². The largest absolute Gasteiger partial charge is 0.586 e. The second kappa shape index (κ2) is 6.43. The van der Waals surface area contributed by atoms with E-state index in [-0.39, 0.29) is 17.5 Å². The van der Waals surface area contributed by atoms with Crippen molar-refractivity contribution < 1.29 is 23.0 Å². The molecule has 0 unspecified atom stereocenters. The number of alkyl halides is 2. The third-order valence-corrected chi connectivity index (χ3v) is 4.26. The zero-order valence-electron chi connectivity index (χ0n) is 13.6. The predicted molar refractivity (Wildman–Crippen MR) is 84.5 cm³/mol. The molecule has 0 aromatic heterocycles. The summed E-state index contributed by atoms with van der Waals surface area (Å²) in [5.41, 5.74) is 0.364. The number of anilines is 1. The maximum Gasteiger partial charge on any atom is 0.586 e. The standard InChI is InChI=1S/C16H21F2N3O3/c1-10(2)21-6-5-11(9-21)8-19-15(22)20-12-3-4-13-14(7-12)24-16(17,18)23-13/h3-4,7,10-11H,5-6,8-9H2,1-2H3,(H2,19,20,22)/t11-/m1/s1. The molecule has 0 spiro atoms. The Morgan fingerprint density at radius 2 is 2.12 bits per heavy atom. The molecule has 6 nitrogen and oxygen atoms in total. The minimum Gasteiger partial charge on any atom is -0.395 e. The topological polar surface area (TPSA) is 62.8 Å². The average Bonchev–Trinajstić information content (AvgIpc) is 3.07. The van der Waals surface area contributed by atoms with Crippen LogP contribution in [0.4, 0.5) is 19.3 Å². The van der Waals surface area contributed by atoms with Crippen LogP contribution in [0.15, 0.2) is 18.2 Å². The summed E-state index contributed by atoms with van der Waals surface area (Å²) in [4.78, 5) is 14.3. The Kier molecular flexibility index (Phi) is 4.49. The van der Waals surface area contributed by atoms with Gasteiger partial charge in [0.05, 0.1) is 0 Å². The number of ether oxygens (including phenoxy) is 2. The summed E-state index contributed by atoms with van der Waals surface area (Å²) < 4.78 is 34.6. The van der Waals surface area contributed by atoms with Gasteiger partial charge in [0, 0.05) is 30.9 Å². The number of halogens is 2. The SMILES string of the molecule is CC(C)N1CC[C@H](CNC(=O)Nc2ccc3c(c2)OC(F)(F)O3)C1. The maximum absolute atomic E-state index is 13.0. The number of amides is 2. The van der Waals surface area contributed by atoms with E-state index < -0.39 is 6.29 Å². The Morgan fingerprint density at radius 1 is 1.38 bits per heavy atom. The van der Waals surface area contributed by atoms with Crippen LogP contribution in [0.5, 0.6) is 11.5 Å². The Labute approximate surface area is 139 Å². The monoisotopic (exact) mass is 341 g/mol. The fourth-order valence-corrected chi connectivity index (χ4v) is 2.94. The molecule has 3 rings (SSSR count). The molecule has 0 aliphatic carbocycles. The summed E-state index contributed by atoms with van der Waals surface area (Å²) in [6.07, 6.45) is -2.61. The maximum atomic E-state index is 13.0. The van der Waals surface area contributed by atoms with E-state index in [1.807, 2.05) is 0 Å². The van der Waals surface area contributed by atoms with Crippen LogP contribution in [0.1, 0.15) is 20.3 Å². The summed E-state index contributed by atoms with van der Waals surface area (Å²) in [7, 11) is 0. The molecule has 1 fully saturated rings. The molecule has 24 heavy (non-hydrogen) atoms. The highest BCUT2D eigenvalue weighted by atomic mass is 19.3. The summed E-state index contributed by atoms with van der Waals surface area (Å²) in [6, 6.07) is 4.27. The van der Waals surface area contributed by atoms with Gasteiger partial charge in [0.15, 0.2) is 11.5 Å². The van der Waals surface area contributed by atoms with Gasteiger partial charge in [0.1, 0.15) is 0 Å². The summed E-state index contributed by atoms with van der Waals surface area (Å²) in [6.45, 7) is 6.91. The van der Waals surface area contributed by atoms with Crippen molar-refractivity contribution in [1.29, 1.82) is 0 Å². The number of urea groups is 1. The summed E-state index contributed by atoms with van der Waals surface area (Å²) >= 11 is 0. The van der Waals surface area contributed by atoms with Crippen LogP contribution in [-0.4, -0.2) is 42.9 Å². The van der Waals surface area contributed by atoms with Gasteiger partial charge in [-0.1, -0.05) is 0 Å². The summed E-state index contributed by atoms with van der Waals surface area (Å²) in [5.74, 6) is 0.278. The minimum absolute atomic E-state index is 0.0503. The Morgan fingerprint density at radius 3 is 2.83 bits per heavy atom. The van der Waals surface area contributed by atoms with E-state index >= 15 is 0 Å². The van der Waals surface area contributed by atoms with Gasteiger partial charge in [-0.3, -0.25) is 0 Å². The first-order valence-electron chi connectivity index (χ1n) is 8.01. The van der Waals surface area contributed by atoms with Crippen molar-refractivity contribution in [2.75, 3.05) is 25.0 Å². The first kappa shape index (κ1) is 16.8. The molecule has 2 amide bonds. The molecule has 0 bridgehead atoms. The Hall–Kier alpha value is -2.09. The molecular weight excluding hydrogens is 320 g/mol. The Bertz CT molecular complexity index is 625. The predicted octanol–water partition coefficient (Wildman–Crippen LogP) is 2.86. The zero-order valence-corrected chi connectivity index (χ0v) is 13.6. The van der Waals surface area contributed by atoms with Crippen molar-refractivity contribution in [3.63, 3.8) is 0 Å². The van der Waals surface area contributed by atoms with Crippen LogP contribution in [-0.2, 0) is 0 Å². The lowest BCUT2D eigenvalue weighted by Crippen LogP contribution is -2.35. The quantitative estimate of drug-likeness (QED) is 0.884. The lowest BCUT2D eigenvalue weighted by molar-refractivity contribution is -0.286. The molecule has 1 aromatic rings. The molecule has 1 atom stereocenters. The van der Waals surface area contributed by atoms with Gasteiger partial charge in [0.25, 0.3) is 0 Å². The van der Waals surface area contributed by atoms with E-state index in [9.17, 15) is 13.6 Å². The molecule has 0 radical (unpaired) electrons. The number of carbonyl (C=O) groups is 1. The first-order chi connectivity index (χ1) is 11.3. The van der Waals surface area contributed by atoms with Crippen molar-refractivity contribution in [3.05, 3.63) is 18.2 Å². The van der Waals surface area contributed by atoms with Gasteiger partial charge in [-0.2, -0.15) is 0 Å². The second-order valence-electron chi connectivity index (χ2n) is 6.41. The number of rotatable bonds is 4. The average molecular weight is 341 g/mol. The smallest absolute Gasteiger partial charge is 0.395 e. The van der Waals surface area contributed by atoms with Crippen LogP contribution >= 0.6 is 0 Å². The summed E-state index contributed by atoms with van der Waals surface area (Å²) in [5, 5.41) is 5.43. The molecule has 2 N–H and O–H groups in total. The van der Waals surface area contributed by atoms with Gasteiger partial charge < -0.3 is 25.0 Å². The van der Waals surface area contributed by atoms with Crippen molar-refractivity contribution in [2.45, 2.75) is 32.6 Å². The molecule has 2 aliphatic rings. The second-order valence-corrected chi connectivity index (χ2v) is 6.41. The molecule has 1 saturated heterocycles. The lowest BCUT2D eigenvalue weighted by atomic mass is 10.1. The van der Waals surface area contributed by atoms with Gasteiger partial charge >= 0.3 is 12.3 Å². The fraction of sp³-hybridized carbons (Fsp3) is 0.562. The van der Waals surface area contributed by atoms with Crippen LogP contribution in [0, 0.1) is 5.92 Å². The first-order valence-corrected chi connectivity index (χ1v) is 8.01. The van der Waals surface area contributed by atoms with E-state index in [1.165, 1.54) is 18.2 Å². The molecule has 2 aliphatic heterocycles. The van der Waals surface area contributed by atoms with Gasteiger partial charge in [-0.15, -0.1) is 8.78 Å². The third-order valence-electron chi connectivity index (χ3n) is 4.26. The van der Waals surface area contributed by atoms with Crippen molar-refractivity contribution >= 4 is 11.7 Å². The van der Waals surface area contributed by atoms with Crippen LogP contribution in [0.2, 0.25) is 0 Å². The van der Waals surface area contributed by atoms with Crippen molar-refractivity contribution in [2.24, 2.45) is 5.92 Å². The van der Waals surface area contributed by atoms with E-state index in [0.29, 0.717) is 24.2 Å². The van der Waals surface area contributed by atoms with E-state index in [2.05, 4.69) is 38.9 Å². The molecular formula is C16H21F2N3O3. The zero-order chi connectivity index (χ0) is 17.3. The molecule has 2 heterocycles. The van der Waals surface area contributed by atoms with Crippen molar-refractivity contribution in [3.8, 4) is 11.5 Å². The molecule has 8 heteroatoms.